The molecule has 8 heteroatoms. The highest BCUT2D eigenvalue weighted by Crippen LogP contribution is 2.25. The van der Waals surface area contributed by atoms with Gasteiger partial charge >= 0.3 is 0 Å². The van der Waals surface area contributed by atoms with E-state index in [4.69, 9.17) is 0 Å². The molecule has 2 rings (SSSR count). The molecule has 7 nitrogen and oxygen atoms in total. The molecule has 0 aliphatic carbocycles. The number of carbonyl (C=O) groups excluding carboxylic acids is 2. The third kappa shape index (κ3) is 8.88. The summed E-state index contributed by atoms with van der Waals surface area (Å²) in [5.74, 6) is -0.326. The summed E-state index contributed by atoms with van der Waals surface area (Å²) >= 11 is 0. The van der Waals surface area contributed by atoms with Gasteiger partial charge in [0.15, 0.2) is 0 Å². The minimum atomic E-state index is -3.54. The van der Waals surface area contributed by atoms with Crippen molar-refractivity contribution >= 4 is 27.5 Å². The number of nitrogens with one attached hydrogen (secondary N) is 1. The first-order valence-electron chi connectivity index (χ1n) is 13.1. The summed E-state index contributed by atoms with van der Waals surface area (Å²) in [6.07, 6.45) is 2.95. The van der Waals surface area contributed by atoms with Crippen LogP contribution < -0.4 is 9.62 Å². The second-order valence-corrected chi connectivity index (χ2v) is 11.9. The molecule has 0 aliphatic rings. The van der Waals surface area contributed by atoms with Gasteiger partial charge in [-0.3, -0.25) is 13.9 Å². The molecule has 0 spiro atoms. The number of hydrogen-bond donors (Lipinski definition) is 1. The zero-order valence-electron chi connectivity index (χ0n) is 23.4. The van der Waals surface area contributed by atoms with E-state index in [0.29, 0.717) is 25.1 Å². The Morgan fingerprint density at radius 3 is 2.24 bits per heavy atom. The smallest absolute Gasteiger partial charge is 0.243 e. The van der Waals surface area contributed by atoms with Gasteiger partial charge in [0.1, 0.15) is 6.04 Å². The van der Waals surface area contributed by atoms with Gasteiger partial charge in [-0.15, -0.1) is 0 Å². The third-order valence-corrected chi connectivity index (χ3v) is 7.79. The first kappa shape index (κ1) is 30.4. The lowest BCUT2D eigenvalue weighted by Gasteiger charge is -2.32. The Balaban J connectivity index is 2.26. The highest BCUT2D eigenvalue weighted by Gasteiger charge is 2.29. The van der Waals surface area contributed by atoms with Crippen LogP contribution >= 0.6 is 0 Å². The summed E-state index contributed by atoms with van der Waals surface area (Å²) in [6, 6.07) is 13.0. The van der Waals surface area contributed by atoms with Crippen molar-refractivity contribution in [2.45, 2.75) is 85.9 Å². The highest BCUT2D eigenvalue weighted by molar-refractivity contribution is 7.92. The van der Waals surface area contributed by atoms with Crippen LogP contribution in [-0.4, -0.2) is 50.0 Å². The van der Waals surface area contributed by atoms with Crippen molar-refractivity contribution in [3.05, 3.63) is 64.7 Å². The second kappa shape index (κ2) is 13.6. The summed E-state index contributed by atoms with van der Waals surface area (Å²) in [5.41, 5.74) is 4.49. The molecule has 37 heavy (non-hydrogen) atoms. The van der Waals surface area contributed by atoms with Gasteiger partial charge in [-0.25, -0.2) is 8.42 Å². The Bertz CT molecular complexity index is 1180. The fourth-order valence-corrected chi connectivity index (χ4v) is 5.35. The molecule has 2 aromatic rings. The van der Waals surface area contributed by atoms with Crippen LogP contribution in [0, 0.1) is 20.8 Å². The van der Waals surface area contributed by atoms with E-state index in [2.05, 4.69) is 5.32 Å². The zero-order chi connectivity index (χ0) is 27.8. The molecule has 0 aromatic heterocycles. The molecule has 2 amide bonds. The number of amides is 2. The number of anilines is 1. The number of carbonyl (C=O) groups is 2. The van der Waals surface area contributed by atoms with E-state index in [9.17, 15) is 18.0 Å². The number of nitrogens with zero attached hydrogens (tertiary/aromatic N) is 2. The van der Waals surface area contributed by atoms with E-state index in [1.807, 2.05) is 84.0 Å². The molecular formula is C29H43N3O4S. The van der Waals surface area contributed by atoms with Gasteiger partial charge in [0.2, 0.25) is 21.8 Å². The van der Waals surface area contributed by atoms with Crippen molar-refractivity contribution in [2.75, 3.05) is 17.1 Å². The van der Waals surface area contributed by atoms with E-state index >= 15 is 0 Å². The largest absolute Gasteiger partial charge is 0.352 e. The molecule has 0 saturated carbocycles. The molecule has 1 N–H and O–H groups in total. The Morgan fingerprint density at radius 2 is 1.65 bits per heavy atom. The summed E-state index contributed by atoms with van der Waals surface area (Å²) in [4.78, 5) is 28.3. The molecule has 204 valence electrons. The Hall–Kier alpha value is -2.87. The van der Waals surface area contributed by atoms with Gasteiger partial charge in [-0.2, -0.15) is 0 Å². The Kier molecular flexibility index (Phi) is 11.2. The predicted octanol–water partition coefficient (Wildman–Crippen LogP) is 4.88. The maximum atomic E-state index is 13.6. The van der Waals surface area contributed by atoms with Gasteiger partial charge in [0, 0.05) is 25.6 Å². The first-order valence-corrected chi connectivity index (χ1v) is 14.9. The van der Waals surface area contributed by atoms with Gasteiger partial charge in [0.05, 0.1) is 11.9 Å². The van der Waals surface area contributed by atoms with E-state index in [1.165, 1.54) is 10.6 Å². The molecule has 2 aromatic carbocycles. The third-order valence-electron chi connectivity index (χ3n) is 6.61. The van der Waals surface area contributed by atoms with Crippen LogP contribution in [0.25, 0.3) is 0 Å². The van der Waals surface area contributed by atoms with Crippen LogP contribution in [0.5, 0.6) is 0 Å². The topological polar surface area (TPSA) is 86.8 Å². The van der Waals surface area contributed by atoms with Crippen LogP contribution in [0.4, 0.5) is 5.69 Å². The van der Waals surface area contributed by atoms with Crippen molar-refractivity contribution in [3.8, 4) is 0 Å². The molecule has 0 saturated heterocycles. The van der Waals surface area contributed by atoms with Crippen LogP contribution in [0.3, 0.4) is 0 Å². The van der Waals surface area contributed by atoms with Gasteiger partial charge in [-0.05, 0) is 69.7 Å². The number of benzene rings is 2. The van der Waals surface area contributed by atoms with Crippen molar-refractivity contribution in [3.63, 3.8) is 0 Å². The molecule has 2 atom stereocenters. The quantitative estimate of drug-likeness (QED) is 0.401. The predicted molar refractivity (Wildman–Crippen MR) is 151 cm³/mol. The number of aryl methyl sites for hydroxylation is 3. The van der Waals surface area contributed by atoms with E-state index < -0.39 is 16.1 Å². The van der Waals surface area contributed by atoms with E-state index in [1.54, 1.807) is 4.90 Å². The van der Waals surface area contributed by atoms with Crippen LogP contribution in [0.1, 0.15) is 68.7 Å². The molecule has 0 bridgehead atoms. The van der Waals surface area contributed by atoms with Gasteiger partial charge in [-0.1, -0.05) is 55.8 Å². The lowest BCUT2D eigenvalue weighted by molar-refractivity contribution is -0.141. The van der Waals surface area contributed by atoms with Crippen LogP contribution in [0.2, 0.25) is 0 Å². The summed E-state index contributed by atoms with van der Waals surface area (Å²) in [5, 5.41) is 3.02. The van der Waals surface area contributed by atoms with Crippen molar-refractivity contribution < 1.29 is 18.0 Å². The average molecular weight is 530 g/mol. The Labute approximate surface area is 223 Å². The van der Waals surface area contributed by atoms with E-state index in [0.717, 1.165) is 28.7 Å². The lowest BCUT2D eigenvalue weighted by atomic mass is 10.1. The minimum absolute atomic E-state index is 0.0124. The summed E-state index contributed by atoms with van der Waals surface area (Å²) in [6.45, 7) is 12.2. The fraction of sp³-hybridized carbons (Fsp3) is 0.517. The number of hydrogen-bond acceptors (Lipinski definition) is 4. The molecule has 0 unspecified atom stereocenters. The first-order chi connectivity index (χ1) is 17.4. The molecule has 0 heterocycles. The molecular weight excluding hydrogens is 486 g/mol. The average Bonchev–Trinajstić information content (AvgIpc) is 2.82. The normalized spacial score (nSPS) is 13.1. The van der Waals surface area contributed by atoms with Crippen LogP contribution in [0.15, 0.2) is 42.5 Å². The maximum absolute atomic E-state index is 13.6. The maximum Gasteiger partial charge on any atom is 0.243 e. The monoisotopic (exact) mass is 529 g/mol. The SMILES string of the molecule is CC[C@@H](C)NC(=O)[C@@H](CC)N(Cc1cccc(C)c1)C(=O)CCCN(c1cc(C)ccc1C)S(C)(=O)=O. The van der Waals surface area contributed by atoms with Gasteiger partial charge < -0.3 is 10.2 Å². The van der Waals surface area contributed by atoms with Crippen molar-refractivity contribution in [2.24, 2.45) is 0 Å². The molecule has 0 fully saturated rings. The van der Waals surface area contributed by atoms with Crippen LogP contribution in [-0.2, 0) is 26.2 Å². The molecule has 0 radical (unpaired) electrons. The highest BCUT2D eigenvalue weighted by atomic mass is 32.2. The second-order valence-electron chi connectivity index (χ2n) is 9.98. The fourth-order valence-electron chi connectivity index (χ4n) is 4.34. The van der Waals surface area contributed by atoms with Crippen molar-refractivity contribution in [1.82, 2.24) is 10.2 Å². The standard InChI is InChI=1S/C29H43N3O4S/c1-8-24(6)30-29(34)26(9-2)31(20-25-13-10-12-21(3)18-25)28(33)14-11-17-32(37(7,35)36)27-19-22(4)15-16-23(27)5/h10,12-13,15-16,18-19,24,26H,8-9,11,14,17,20H2,1-7H3,(H,30,34)/t24-,26-/m1/s1. The summed E-state index contributed by atoms with van der Waals surface area (Å²) < 4.78 is 26.6. The van der Waals surface area contributed by atoms with Crippen molar-refractivity contribution in [1.29, 1.82) is 0 Å². The van der Waals surface area contributed by atoms with E-state index in [-0.39, 0.29) is 30.8 Å². The lowest BCUT2D eigenvalue weighted by Crippen LogP contribution is -2.50. The molecule has 0 aliphatic heterocycles. The van der Waals surface area contributed by atoms with Gasteiger partial charge in [0.25, 0.3) is 0 Å². The zero-order valence-corrected chi connectivity index (χ0v) is 24.2. The number of rotatable bonds is 13. The summed E-state index contributed by atoms with van der Waals surface area (Å²) in [7, 11) is -3.54. The minimum Gasteiger partial charge on any atom is -0.352 e. The number of sulfonamides is 1. The Morgan fingerprint density at radius 1 is 0.973 bits per heavy atom.